The molecule has 0 aliphatic heterocycles. The van der Waals surface area contributed by atoms with Gasteiger partial charge in [0, 0.05) is 24.2 Å². The fraction of sp³-hybridized carbons (Fsp3) is 0.474. The highest BCUT2D eigenvalue weighted by atomic mass is 16.1. The summed E-state index contributed by atoms with van der Waals surface area (Å²) in [7, 11) is 0. The molecule has 134 valence electrons. The maximum absolute atomic E-state index is 12.3. The van der Waals surface area contributed by atoms with Gasteiger partial charge in [-0.3, -0.25) is 9.20 Å². The lowest BCUT2D eigenvalue weighted by molar-refractivity contribution is 0.301. The van der Waals surface area contributed by atoms with Crippen LogP contribution < -0.4 is 10.9 Å². The average Bonchev–Trinajstić information content (AvgIpc) is 3.45. The molecule has 0 unspecified atom stereocenters. The highest BCUT2D eigenvalue weighted by Gasteiger charge is 2.28. The Balaban J connectivity index is 1.28. The van der Waals surface area contributed by atoms with Crippen LogP contribution in [0.15, 0.2) is 41.3 Å². The highest BCUT2D eigenvalue weighted by Crippen LogP contribution is 2.38. The molecule has 7 nitrogen and oxygen atoms in total. The van der Waals surface area contributed by atoms with Crippen LogP contribution >= 0.6 is 0 Å². The van der Waals surface area contributed by atoms with Crippen molar-refractivity contribution >= 4 is 11.6 Å². The smallest absolute Gasteiger partial charge is 0.267 e. The topological polar surface area (TPSA) is 77.1 Å². The minimum Gasteiger partial charge on any atom is -0.351 e. The fourth-order valence-electron chi connectivity index (χ4n) is 3.89. The molecule has 0 spiro atoms. The van der Waals surface area contributed by atoms with E-state index in [0.717, 1.165) is 43.0 Å². The normalized spacial score (nSPS) is 23.2. The van der Waals surface area contributed by atoms with Gasteiger partial charge >= 0.3 is 0 Å². The van der Waals surface area contributed by atoms with Gasteiger partial charge in [0.15, 0.2) is 5.65 Å². The molecule has 0 atom stereocenters. The van der Waals surface area contributed by atoms with Crippen LogP contribution in [0.1, 0.15) is 56.2 Å². The van der Waals surface area contributed by atoms with E-state index in [1.165, 1.54) is 12.8 Å². The molecular formula is C19H22N6O. The Kier molecular flexibility index (Phi) is 3.72. The van der Waals surface area contributed by atoms with Crippen molar-refractivity contribution in [2.75, 3.05) is 5.32 Å². The number of aromatic nitrogens is 5. The Bertz CT molecular complexity index is 981. The van der Waals surface area contributed by atoms with Gasteiger partial charge < -0.3 is 5.32 Å². The average molecular weight is 350 g/mol. The van der Waals surface area contributed by atoms with Gasteiger partial charge in [-0.15, -0.1) is 10.2 Å². The van der Waals surface area contributed by atoms with Crippen LogP contribution in [-0.2, 0) is 0 Å². The Labute approximate surface area is 151 Å². The maximum atomic E-state index is 12.3. The minimum absolute atomic E-state index is 0.0225. The molecule has 0 saturated heterocycles. The summed E-state index contributed by atoms with van der Waals surface area (Å²) in [6, 6.07) is 10.0. The van der Waals surface area contributed by atoms with E-state index in [0.29, 0.717) is 12.0 Å². The summed E-state index contributed by atoms with van der Waals surface area (Å²) in [5.74, 6) is 1.36. The first-order chi connectivity index (χ1) is 12.8. The SMILES string of the molecule is O=c1ccc(C2CC2)nn1C1CCC(Nc2nnc3ccccn23)CC1. The van der Waals surface area contributed by atoms with E-state index in [-0.39, 0.29) is 11.6 Å². The van der Waals surface area contributed by atoms with Crippen LogP contribution in [0.4, 0.5) is 5.95 Å². The van der Waals surface area contributed by atoms with Crippen molar-refractivity contribution in [3.8, 4) is 0 Å². The van der Waals surface area contributed by atoms with Crippen molar-refractivity contribution in [2.24, 2.45) is 0 Å². The summed E-state index contributed by atoms with van der Waals surface area (Å²) < 4.78 is 3.70. The number of fused-ring (bicyclic) bond motifs is 1. The molecule has 7 heteroatoms. The molecule has 2 saturated carbocycles. The van der Waals surface area contributed by atoms with Gasteiger partial charge in [0.2, 0.25) is 5.95 Å². The second-order valence-electron chi connectivity index (χ2n) is 7.42. The molecule has 3 heterocycles. The van der Waals surface area contributed by atoms with Crippen molar-refractivity contribution in [3.05, 3.63) is 52.6 Å². The predicted octanol–water partition coefficient (Wildman–Crippen LogP) is 2.76. The van der Waals surface area contributed by atoms with Gasteiger partial charge in [-0.1, -0.05) is 6.07 Å². The first kappa shape index (κ1) is 15.5. The quantitative estimate of drug-likeness (QED) is 0.783. The molecule has 3 aromatic heterocycles. The molecule has 5 rings (SSSR count). The van der Waals surface area contributed by atoms with Crippen molar-refractivity contribution < 1.29 is 0 Å². The van der Waals surface area contributed by atoms with Gasteiger partial charge in [-0.25, -0.2) is 4.68 Å². The standard InChI is InChI=1S/C19H22N6O/c26-18-11-10-16(13-4-5-13)23-25(18)15-8-6-14(7-9-15)20-19-22-21-17-3-1-2-12-24(17)19/h1-3,10-15H,4-9H2,(H,20,22). The molecule has 0 amide bonds. The molecule has 2 aliphatic carbocycles. The van der Waals surface area contributed by atoms with E-state index < -0.39 is 0 Å². The fourth-order valence-corrected chi connectivity index (χ4v) is 3.89. The molecule has 3 aromatic rings. The molecule has 0 radical (unpaired) electrons. The van der Waals surface area contributed by atoms with E-state index in [1.807, 2.05) is 34.9 Å². The molecule has 0 bridgehead atoms. The second kappa shape index (κ2) is 6.23. The summed E-state index contributed by atoms with van der Waals surface area (Å²) in [6.45, 7) is 0. The van der Waals surface area contributed by atoms with Crippen molar-refractivity contribution in [1.29, 1.82) is 0 Å². The molecule has 0 aromatic carbocycles. The van der Waals surface area contributed by atoms with Crippen molar-refractivity contribution in [3.63, 3.8) is 0 Å². The van der Waals surface area contributed by atoms with E-state index in [9.17, 15) is 4.79 Å². The van der Waals surface area contributed by atoms with Gasteiger partial charge in [-0.2, -0.15) is 5.10 Å². The van der Waals surface area contributed by atoms with E-state index in [1.54, 1.807) is 10.7 Å². The number of nitrogens with one attached hydrogen (secondary N) is 1. The Hall–Kier alpha value is -2.70. The summed E-state index contributed by atoms with van der Waals surface area (Å²) in [4.78, 5) is 12.3. The third-order valence-electron chi connectivity index (χ3n) is 5.53. The predicted molar refractivity (Wildman–Crippen MR) is 98.4 cm³/mol. The van der Waals surface area contributed by atoms with Crippen molar-refractivity contribution in [1.82, 2.24) is 24.4 Å². The monoisotopic (exact) mass is 350 g/mol. The summed E-state index contributed by atoms with van der Waals surface area (Å²) in [5, 5.41) is 16.6. The second-order valence-corrected chi connectivity index (χ2v) is 7.42. The van der Waals surface area contributed by atoms with Gasteiger partial charge in [0.25, 0.3) is 5.56 Å². The third-order valence-corrected chi connectivity index (χ3v) is 5.53. The maximum Gasteiger partial charge on any atom is 0.267 e. The van der Waals surface area contributed by atoms with Crippen LogP contribution in [0.5, 0.6) is 0 Å². The molecule has 2 fully saturated rings. The van der Waals surface area contributed by atoms with Crippen LogP contribution in [0, 0.1) is 0 Å². The lowest BCUT2D eigenvalue weighted by atomic mass is 9.91. The number of anilines is 1. The van der Waals surface area contributed by atoms with Gasteiger partial charge in [-0.05, 0) is 56.7 Å². The number of nitrogens with zero attached hydrogens (tertiary/aromatic N) is 5. The number of rotatable bonds is 4. The number of pyridine rings is 1. The van der Waals surface area contributed by atoms with Crippen LogP contribution in [0.3, 0.4) is 0 Å². The van der Waals surface area contributed by atoms with Gasteiger partial charge in [0.1, 0.15) is 0 Å². The first-order valence-corrected chi connectivity index (χ1v) is 9.44. The van der Waals surface area contributed by atoms with Gasteiger partial charge in [0.05, 0.1) is 11.7 Å². The molecule has 2 aliphatic rings. The number of hydrogen-bond acceptors (Lipinski definition) is 5. The largest absolute Gasteiger partial charge is 0.351 e. The summed E-state index contributed by atoms with van der Waals surface area (Å²) in [5.41, 5.74) is 1.95. The minimum atomic E-state index is 0.0225. The zero-order valence-corrected chi connectivity index (χ0v) is 14.6. The summed E-state index contributed by atoms with van der Waals surface area (Å²) >= 11 is 0. The lowest BCUT2D eigenvalue weighted by Gasteiger charge is -2.29. The Morgan fingerprint density at radius 1 is 0.962 bits per heavy atom. The van der Waals surface area contributed by atoms with Crippen molar-refractivity contribution in [2.45, 2.75) is 56.5 Å². The van der Waals surface area contributed by atoms with E-state index in [4.69, 9.17) is 0 Å². The van der Waals surface area contributed by atoms with Crippen LogP contribution in [0.2, 0.25) is 0 Å². The van der Waals surface area contributed by atoms with E-state index >= 15 is 0 Å². The number of hydrogen-bond donors (Lipinski definition) is 1. The van der Waals surface area contributed by atoms with Crippen LogP contribution in [0.25, 0.3) is 5.65 Å². The molecule has 1 N–H and O–H groups in total. The summed E-state index contributed by atoms with van der Waals surface area (Å²) in [6.07, 6.45) is 8.27. The zero-order chi connectivity index (χ0) is 17.5. The molecule has 26 heavy (non-hydrogen) atoms. The van der Waals surface area contributed by atoms with Crippen LogP contribution in [-0.4, -0.2) is 30.4 Å². The highest BCUT2D eigenvalue weighted by molar-refractivity contribution is 5.45. The first-order valence-electron chi connectivity index (χ1n) is 9.44. The lowest BCUT2D eigenvalue weighted by Crippen LogP contribution is -2.33. The Morgan fingerprint density at radius 2 is 1.81 bits per heavy atom. The third kappa shape index (κ3) is 2.87. The van der Waals surface area contributed by atoms with E-state index in [2.05, 4.69) is 20.6 Å². The Morgan fingerprint density at radius 3 is 2.62 bits per heavy atom. The zero-order valence-electron chi connectivity index (χ0n) is 14.6. The molecular weight excluding hydrogens is 328 g/mol.